The number of imidazole rings is 1. The lowest BCUT2D eigenvalue weighted by Crippen LogP contribution is -2.10. The first-order valence-corrected chi connectivity index (χ1v) is 10.5. The van der Waals surface area contributed by atoms with Gasteiger partial charge in [0.1, 0.15) is 16.5 Å². The Hall–Kier alpha value is -3.13. The van der Waals surface area contributed by atoms with E-state index in [0.717, 1.165) is 52.7 Å². The van der Waals surface area contributed by atoms with E-state index in [4.69, 9.17) is 19.4 Å². The number of rotatable bonds is 6. The van der Waals surface area contributed by atoms with Crippen molar-refractivity contribution >= 4 is 27.4 Å². The molecule has 0 saturated heterocycles. The molecule has 4 aromatic rings. The summed E-state index contributed by atoms with van der Waals surface area (Å²) in [6.45, 7) is 5.16. The fourth-order valence-corrected chi connectivity index (χ4v) is 4.35. The second kappa shape index (κ2) is 7.36. The minimum Gasteiger partial charge on any atom is -0.454 e. The molecule has 0 spiro atoms. The zero-order valence-corrected chi connectivity index (χ0v) is 17.1. The molecule has 1 N–H and O–H groups in total. The van der Waals surface area contributed by atoms with Crippen molar-refractivity contribution in [2.45, 2.75) is 26.7 Å². The molecule has 1 aliphatic rings. The van der Waals surface area contributed by atoms with Crippen LogP contribution >= 0.6 is 11.3 Å². The summed E-state index contributed by atoms with van der Waals surface area (Å²) in [7, 11) is 0. The van der Waals surface area contributed by atoms with Crippen molar-refractivity contribution in [3.8, 4) is 17.4 Å². The molecule has 0 radical (unpaired) electrons. The lowest BCUT2D eigenvalue weighted by molar-refractivity contribution is 0.174. The number of ether oxygens (including phenoxy) is 2. The van der Waals surface area contributed by atoms with Gasteiger partial charge >= 0.3 is 0 Å². The molecule has 5 rings (SSSR count). The second-order valence-corrected chi connectivity index (χ2v) is 7.98. The van der Waals surface area contributed by atoms with Gasteiger partial charge in [-0.05, 0) is 43.5 Å². The van der Waals surface area contributed by atoms with Crippen LogP contribution in [0.1, 0.15) is 23.2 Å². The largest absolute Gasteiger partial charge is 0.454 e. The minimum absolute atomic E-state index is 0.296. The van der Waals surface area contributed by atoms with Crippen LogP contribution in [0.4, 0.5) is 5.82 Å². The standard InChI is InChI=1S/C21H21N5O2S/c1-3-15-11-16-19(23-7-6-14-4-5-17-18(10-14)28-12-27-17)24-21(25-20(16)29-15)26-9-8-22-13(26)2/h4-5,8-11H,3,6-7,12H2,1-2H3,(H,23,24,25). The SMILES string of the molecule is CCc1cc2c(NCCc3ccc4c(c3)OCO4)nc(-n3ccnc3C)nc2s1. The molecule has 0 atom stereocenters. The maximum Gasteiger partial charge on any atom is 0.238 e. The minimum atomic E-state index is 0.296. The lowest BCUT2D eigenvalue weighted by atomic mass is 10.1. The van der Waals surface area contributed by atoms with Crippen molar-refractivity contribution < 1.29 is 9.47 Å². The summed E-state index contributed by atoms with van der Waals surface area (Å²) in [6, 6.07) is 8.27. The van der Waals surface area contributed by atoms with Crippen LogP contribution in [0, 0.1) is 6.92 Å². The van der Waals surface area contributed by atoms with Gasteiger partial charge in [0.25, 0.3) is 0 Å². The molecule has 1 aliphatic heterocycles. The Morgan fingerprint density at radius 1 is 1.17 bits per heavy atom. The quantitative estimate of drug-likeness (QED) is 0.518. The van der Waals surface area contributed by atoms with Gasteiger partial charge in [0.05, 0.1) is 5.39 Å². The summed E-state index contributed by atoms with van der Waals surface area (Å²) in [4.78, 5) is 16.2. The van der Waals surface area contributed by atoms with E-state index < -0.39 is 0 Å². The number of fused-ring (bicyclic) bond motifs is 2. The number of benzene rings is 1. The van der Waals surface area contributed by atoms with E-state index in [2.05, 4.69) is 29.4 Å². The number of aryl methyl sites for hydroxylation is 2. The number of hydrogen-bond donors (Lipinski definition) is 1. The summed E-state index contributed by atoms with van der Waals surface area (Å²) in [5.41, 5.74) is 1.19. The first-order chi connectivity index (χ1) is 14.2. The van der Waals surface area contributed by atoms with E-state index in [1.807, 2.05) is 29.8 Å². The molecule has 0 fully saturated rings. The van der Waals surface area contributed by atoms with E-state index in [9.17, 15) is 0 Å². The van der Waals surface area contributed by atoms with E-state index in [1.165, 1.54) is 10.4 Å². The van der Waals surface area contributed by atoms with Crippen molar-refractivity contribution in [3.63, 3.8) is 0 Å². The van der Waals surface area contributed by atoms with Crippen LogP contribution in [-0.4, -0.2) is 32.9 Å². The zero-order chi connectivity index (χ0) is 19.8. The summed E-state index contributed by atoms with van der Waals surface area (Å²) in [5, 5.41) is 4.58. The normalized spacial score (nSPS) is 12.6. The van der Waals surface area contributed by atoms with Crippen molar-refractivity contribution in [2.75, 3.05) is 18.7 Å². The number of anilines is 1. The van der Waals surface area contributed by atoms with Crippen LogP contribution in [-0.2, 0) is 12.8 Å². The molecule has 0 amide bonds. The van der Waals surface area contributed by atoms with Gasteiger partial charge in [-0.2, -0.15) is 4.98 Å². The smallest absolute Gasteiger partial charge is 0.238 e. The molecule has 29 heavy (non-hydrogen) atoms. The highest BCUT2D eigenvalue weighted by atomic mass is 32.1. The number of nitrogens with zero attached hydrogens (tertiary/aromatic N) is 4. The second-order valence-electron chi connectivity index (χ2n) is 6.87. The van der Waals surface area contributed by atoms with Gasteiger partial charge in [0, 0.05) is 23.8 Å². The van der Waals surface area contributed by atoms with Crippen LogP contribution in [0.15, 0.2) is 36.7 Å². The number of nitrogens with one attached hydrogen (secondary N) is 1. The van der Waals surface area contributed by atoms with Gasteiger partial charge in [-0.1, -0.05) is 13.0 Å². The fraction of sp³-hybridized carbons (Fsp3) is 0.286. The first-order valence-electron chi connectivity index (χ1n) is 9.64. The van der Waals surface area contributed by atoms with Gasteiger partial charge < -0.3 is 14.8 Å². The Labute approximate surface area is 172 Å². The summed E-state index contributed by atoms with van der Waals surface area (Å²) in [6.07, 6.45) is 5.49. The Morgan fingerprint density at radius 2 is 2.07 bits per heavy atom. The van der Waals surface area contributed by atoms with Crippen molar-refractivity contribution in [1.29, 1.82) is 0 Å². The Morgan fingerprint density at radius 3 is 2.90 bits per heavy atom. The number of hydrogen-bond acceptors (Lipinski definition) is 7. The van der Waals surface area contributed by atoms with Gasteiger partial charge in [-0.3, -0.25) is 4.57 Å². The van der Waals surface area contributed by atoms with Crippen LogP contribution in [0.5, 0.6) is 11.5 Å². The predicted molar refractivity (Wildman–Crippen MR) is 113 cm³/mol. The molecule has 1 aromatic carbocycles. The maximum atomic E-state index is 5.47. The molecule has 0 unspecified atom stereocenters. The summed E-state index contributed by atoms with van der Waals surface area (Å²) < 4.78 is 12.8. The molecule has 148 valence electrons. The number of aromatic nitrogens is 4. The van der Waals surface area contributed by atoms with Crippen LogP contribution in [0.25, 0.3) is 16.2 Å². The third-order valence-electron chi connectivity index (χ3n) is 4.96. The molecule has 8 heteroatoms. The molecule has 0 saturated carbocycles. The molecule has 0 aliphatic carbocycles. The highest BCUT2D eigenvalue weighted by Gasteiger charge is 2.15. The molecule has 4 heterocycles. The van der Waals surface area contributed by atoms with E-state index in [1.54, 1.807) is 17.5 Å². The van der Waals surface area contributed by atoms with Crippen molar-refractivity contribution in [1.82, 2.24) is 19.5 Å². The summed E-state index contributed by atoms with van der Waals surface area (Å²) >= 11 is 1.72. The topological polar surface area (TPSA) is 74.1 Å². The Balaban J connectivity index is 1.42. The highest BCUT2D eigenvalue weighted by molar-refractivity contribution is 7.18. The molecule has 3 aromatic heterocycles. The molecular formula is C21H21N5O2S. The van der Waals surface area contributed by atoms with Gasteiger partial charge in [0.2, 0.25) is 12.7 Å². The lowest BCUT2D eigenvalue weighted by Gasteiger charge is -2.10. The zero-order valence-electron chi connectivity index (χ0n) is 16.3. The van der Waals surface area contributed by atoms with E-state index >= 15 is 0 Å². The Bertz CT molecular complexity index is 1180. The number of thiophene rings is 1. The molecular weight excluding hydrogens is 386 g/mol. The van der Waals surface area contributed by atoms with Gasteiger partial charge in [-0.25, -0.2) is 9.97 Å². The molecule has 7 nitrogen and oxygen atoms in total. The van der Waals surface area contributed by atoms with Gasteiger partial charge in [-0.15, -0.1) is 11.3 Å². The van der Waals surface area contributed by atoms with Crippen molar-refractivity contribution in [2.24, 2.45) is 0 Å². The monoisotopic (exact) mass is 407 g/mol. The van der Waals surface area contributed by atoms with Crippen LogP contribution in [0.2, 0.25) is 0 Å². The van der Waals surface area contributed by atoms with E-state index in [-0.39, 0.29) is 0 Å². The average molecular weight is 407 g/mol. The Kier molecular flexibility index (Phi) is 4.55. The van der Waals surface area contributed by atoms with Crippen LogP contribution in [0.3, 0.4) is 0 Å². The first kappa shape index (κ1) is 17.9. The third kappa shape index (κ3) is 3.40. The predicted octanol–water partition coefficient (Wildman–Crippen LogP) is 4.13. The van der Waals surface area contributed by atoms with Gasteiger partial charge in [0.15, 0.2) is 11.5 Å². The maximum absolute atomic E-state index is 5.47. The summed E-state index contributed by atoms with van der Waals surface area (Å²) in [5.74, 6) is 3.99. The van der Waals surface area contributed by atoms with Crippen molar-refractivity contribution in [3.05, 3.63) is 52.9 Å². The third-order valence-corrected chi connectivity index (χ3v) is 6.14. The average Bonchev–Trinajstić information content (AvgIpc) is 3.46. The fourth-order valence-electron chi connectivity index (χ4n) is 3.39. The molecule has 0 bridgehead atoms. The van der Waals surface area contributed by atoms with E-state index in [0.29, 0.717) is 12.7 Å². The van der Waals surface area contributed by atoms with Crippen LogP contribution < -0.4 is 14.8 Å². The highest BCUT2D eigenvalue weighted by Crippen LogP contribution is 2.33.